The number of hydrogen-bond donors (Lipinski definition) is 1. The second kappa shape index (κ2) is 5.80. The van der Waals surface area contributed by atoms with Crippen LogP contribution in [0.4, 0.5) is 5.69 Å². The molecular formula is C17H19NOS. The van der Waals surface area contributed by atoms with Crippen molar-refractivity contribution in [3.8, 4) is 5.75 Å². The molecule has 1 N–H and O–H groups in total. The molecule has 0 saturated carbocycles. The molecule has 1 aliphatic heterocycles. The Morgan fingerprint density at radius 3 is 2.90 bits per heavy atom. The number of rotatable bonds is 4. The second-order valence-corrected chi connectivity index (χ2v) is 6.17. The lowest BCUT2D eigenvalue weighted by molar-refractivity contribution is 0.414. The maximum absolute atomic E-state index is 5.24. The van der Waals surface area contributed by atoms with Gasteiger partial charge in [0.05, 0.1) is 7.11 Å². The Kier molecular flexibility index (Phi) is 3.88. The van der Waals surface area contributed by atoms with Gasteiger partial charge in [0.1, 0.15) is 5.75 Å². The van der Waals surface area contributed by atoms with Gasteiger partial charge in [0, 0.05) is 28.8 Å². The lowest BCUT2D eigenvalue weighted by Gasteiger charge is -2.15. The number of ether oxygens (including phenoxy) is 1. The summed E-state index contributed by atoms with van der Waals surface area (Å²) in [5, 5.41) is 3.58. The summed E-state index contributed by atoms with van der Waals surface area (Å²) in [6.45, 7) is 3.10. The molecule has 1 atom stereocenters. The van der Waals surface area contributed by atoms with Gasteiger partial charge in [0.25, 0.3) is 0 Å². The molecule has 1 heterocycles. The van der Waals surface area contributed by atoms with E-state index >= 15 is 0 Å². The van der Waals surface area contributed by atoms with E-state index < -0.39 is 0 Å². The van der Waals surface area contributed by atoms with Crippen LogP contribution in [0.3, 0.4) is 0 Å². The third-order valence-corrected chi connectivity index (χ3v) is 5.02. The number of fused-ring (bicyclic) bond motifs is 1. The third-order valence-electron chi connectivity index (χ3n) is 3.77. The van der Waals surface area contributed by atoms with Crippen molar-refractivity contribution in [3.63, 3.8) is 0 Å². The van der Waals surface area contributed by atoms with Crippen LogP contribution in [0.25, 0.3) is 0 Å². The molecule has 2 aromatic carbocycles. The van der Waals surface area contributed by atoms with Gasteiger partial charge in [0.2, 0.25) is 0 Å². The van der Waals surface area contributed by atoms with E-state index in [0.717, 1.165) is 12.3 Å². The van der Waals surface area contributed by atoms with Crippen LogP contribution in [0, 0.1) is 6.92 Å². The van der Waals surface area contributed by atoms with Gasteiger partial charge in [0.15, 0.2) is 0 Å². The number of methoxy groups -OCH3 is 1. The molecule has 0 fully saturated rings. The fourth-order valence-corrected chi connectivity index (χ4v) is 3.85. The Bertz CT molecular complexity index is 612. The van der Waals surface area contributed by atoms with E-state index in [1.807, 2.05) is 17.8 Å². The quantitative estimate of drug-likeness (QED) is 0.904. The molecule has 0 aromatic heterocycles. The molecule has 3 rings (SSSR count). The van der Waals surface area contributed by atoms with Gasteiger partial charge in [-0.3, -0.25) is 0 Å². The van der Waals surface area contributed by atoms with Gasteiger partial charge in [-0.05, 0) is 42.3 Å². The Morgan fingerprint density at radius 2 is 2.10 bits per heavy atom. The second-order valence-electron chi connectivity index (χ2n) is 5.11. The topological polar surface area (TPSA) is 21.3 Å². The fraction of sp³-hybridized carbons (Fsp3) is 0.294. The zero-order valence-electron chi connectivity index (χ0n) is 11.8. The molecule has 20 heavy (non-hydrogen) atoms. The predicted octanol–water partition coefficient (Wildman–Crippen LogP) is 4.31. The monoisotopic (exact) mass is 285 g/mol. The summed E-state index contributed by atoms with van der Waals surface area (Å²) in [7, 11) is 1.70. The van der Waals surface area contributed by atoms with Crippen molar-refractivity contribution in [2.45, 2.75) is 17.7 Å². The summed E-state index contributed by atoms with van der Waals surface area (Å²) in [6.07, 6.45) is 0. The Balaban J connectivity index is 1.69. The highest BCUT2D eigenvalue weighted by Crippen LogP contribution is 2.39. The molecule has 2 aromatic rings. The third kappa shape index (κ3) is 2.63. The number of hydrogen-bond acceptors (Lipinski definition) is 3. The molecule has 0 saturated heterocycles. The number of thioether (sulfide) groups is 1. The molecule has 2 nitrogen and oxygen atoms in total. The van der Waals surface area contributed by atoms with Crippen molar-refractivity contribution in [2.24, 2.45) is 0 Å². The SMILES string of the molecule is COc1ccc(NCC2CSc3ccccc32)c(C)c1. The number of aryl methyl sites for hydroxylation is 1. The molecule has 104 valence electrons. The summed E-state index contributed by atoms with van der Waals surface area (Å²) in [6, 6.07) is 14.9. The van der Waals surface area contributed by atoms with Crippen molar-refractivity contribution in [3.05, 3.63) is 53.6 Å². The predicted molar refractivity (Wildman–Crippen MR) is 86.1 cm³/mol. The Hall–Kier alpha value is -1.61. The number of nitrogens with one attached hydrogen (secondary N) is 1. The molecule has 1 unspecified atom stereocenters. The van der Waals surface area contributed by atoms with Crippen LogP contribution in [-0.4, -0.2) is 19.4 Å². The van der Waals surface area contributed by atoms with E-state index in [4.69, 9.17) is 4.74 Å². The fourth-order valence-electron chi connectivity index (χ4n) is 2.59. The summed E-state index contributed by atoms with van der Waals surface area (Å²) >= 11 is 1.96. The minimum atomic E-state index is 0.595. The van der Waals surface area contributed by atoms with E-state index in [2.05, 4.69) is 48.6 Å². The molecular weight excluding hydrogens is 266 g/mol. The zero-order chi connectivity index (χ0) is 13.9. The van der Waals surface area contributed by atoms with Crippen LogP contribution < -0.4 is 10.1 Å². The van der Waals surface area contributed by atoms with Crippen LogP contribution in [-0.2, 0) is 0 Å². The van der Waals surface area contributed by atoms with Gasteiger partial charge in [-0.15, -0.1) is 11.8 Å². The van der Waals surface area contributed by atoms with E-state index in [1.165, 1.54) is 27.5 Å². The van der Waals surface area contributed by atoms with Gasteiger partial charge < -0.3 is 10.1 Å². The Labute approximate surface area is 124 Å². The summed E-state index contributed by atoms with van der Waals surface area (Å²) in [4.78, 5) is 1.44. The van der Waals surface area contributed by atoms with Crippen LogP contribution in [0.15, 0.2) is 47.4 Å². The minimum absolute atomic E-state index is 0.595. The smallest absolute Gasteiger partial charge is 0.119 e. The van der Waals surface area contributed by atoms with E-state index in [-0.39, 0.29) is 0 Å². The van der Waals surface area contributed by atoms with Crippen LogP contribution >= 0.6 is 11.8 Å². The first-order valence-electron chi connectivity index (χ1n) is 6.88. The lowest BCUT2D eigenvalue weighted by Crippen LogP contribution is -2.12. The highest BCUT2D eigenvalue weighted by atomic mass is 32.2. The highest BCUT2D eigenvalue weighted by molar-refractivity contribution is 7.99. The van der Waals surface area contributed by atoms with Gasteiger partial charge in [-0.1, -0.05) is 18.2 Å². The van der Waals surface area contributed by atoms with Crippen LogP contribution in [0.1, 0.15) is 17.0 Å². The largest absolute Gasteiger partial charge is 0.497 e. The zero-order valence-corrected chi connectivity index (χ0v) is 12.7. The first kappa shape index (κ1) is 13.4. The van der Waals surface area contributed by atoms with Gasteiger partial charge in [-0.25, -0.2) is 0 Å². The van der Waals surface area contributed by atoms with E-state index in [1.54, 1.807) is 7.11 Å². The molecule has 0 amide bonds. The lowest BCUT2D eigenvalue weighted by atomic mass is 10.0. The van der Waals surface area contributed by atoms with Gasteiger partial charge in [-0.2, -0.15) is 0 Å². The average Bonchev–Trinajstić information content (AvgIpc) is 2.89. The van der Waals surface area contributed by atoms with Crippen LogP contribution in [0.2, 0.25) is 0 Å². The average molecular weight is 285 g/mol. The summed E-state index contributed by atoms with van der Waals surface area (Å²) in [5.74, 6) is 2.68. The molecule has 3 heteroatoms. The Morgan fingerprint density at radius 1 is 1.25 bits per heavy atom. The summed E-state index contributed by atoms with van der Waals surface area (Å²) < 4.78 is 5.24. The number of anilines is 1. The molecule has 0 aliphatic carbocycles. The molecule has 0 radical (unpaired) electrons. The van der Waals surface area contributed by atoms with Crippen molar-refractivity contribution in [1.29, 1.82) is 0 Å². The van der Waals surface area contributed by atoms with E-state index in [0.29, 0.717) is 5.92 Å². The maximum atomic E-state index is 5.24. The normalized spacial score (nSPS) is 16.8. The van der Waals surface area contributed by atoms with Gasteiger partial charge >= 0.3 is 0 Å². The van der Waals surface area contributed by atoms with Crippen molar-refractivity contribution in [1.82, 2.24) is 0 Å². The molecule has 0 bridgehead atoms. The number of benzene rings is 2. The highest BCUT2D eigenvalue weighted by Gasteiger charge is 2.22. The minimum Gasteiger partial charge on any atom is -0.497 e. The van der Waals surface area contributed by atoms with Crippen molar-refractivity contribution >= 4 is 17.4 Å². The van der Waals surface area contributed by atoms with Crippen molar-refractivity contribution in [2.75, 3.05) is 24.7 Å². The van der Waals surface area contributed by atoms with E-state index in [9.17, 15) is 0 Å². The molecule has 1 aliphatic rings. The summed E-state index contributed by atoms with van der Waals surface area (Å²) in [5.41, 5.74) is 3.90. The first-order valence-corrected chi connectivity index (χ1v) is 7.86. The van der Waals surface area contributed by atoms with Crippen molar-refractivity contribution < 1.29 is 4.74 Å². The first-order chi connectivity index (χ1) is 9.78. The standard InChI is InChI=1S/C17H19NOS/c1-12-9-14(19-2)7-8-16(12)18-10-13-11-20-17-6-4-3-5-15(13)17/h3-9,13,18H,10-11H2,1-2H3. The maximum Gasteiger partial charge on any atom is 0.119 e. The molecule has 0 spiro atoms. The van der Waals surface area contributed by atoms with Crippen LogP contribution in [0.5, 0.6) is 5.75 Å².